The average molecular weight is 342 g/mol. The first-order valence-corrected chi connectivity index (χ1v) is 8.66. The Hall–Kier alpha value is -2.25. The molecule has 6 nitrogen and oxygen atoms in total. The van der Waals surface area contributed by atoms with Gasteiger partial charge in [-0.2, -0.15) is 10.2 Å². The molecule has 0 radical (unpaired) electrons. The highest BCUT2D eigenvalue weighted by molar-refractivity contribution is 5.53. The lowest BCUT2D eigenvalue weighted by atomic mass is 10.2. The van der Waals surface area contributed by atoms with E-state index in [0.29, 0.717) is 13.0 Å². The average Bonchev–Trinajstić information content (AvgIpc) is 3.28. The molecule has 3 aromatic heterocycles. The topological polar surface area (TPSA) is 50.4 Å². The van der Waals surface area contributed by atoms with Crippen molar-refractivity contribution in [3.05, 3.63) is 54.1 Å². The molecule has 1 saturated heterocycles. The molecule has 0 saturated carbocycles. The molecule has 25 heavy (non-hydrogen) atoms. The highest BCUT2D eigenvalue weighted by Gasteiger charge is 2.31. The summed E-state index contributed by atoms with van der Waals surface area (Å²) in [6.07, 6.45) is 7.52. The van der Waals surface area contributed by atoms with E-state index in [0.717, 1.165) is 36.3 Å². The van der Waals surface area contributed by atoms with E-state index in [1.165, 1.54) is 0 Å². The molecule has 4 rings (SSSR count). The number of aryl methyl sites for hydroxylation is 1. The van der Waals surface area contributed by atoms with Gasteiger partial charge in [0.25, 0.3) is 0 Å². The number of nitrogens with one attached hydrogen (secondary N) is 1. The summed E-state index contributed by atoms with van der Waals surface area (Å²) in [6.45, 7) is 2.75. The zero-order chi connectivity index (χ0) is 17.2. The van der Waals surface area contributed by atoms with E-state index >= 15 is 0 Å². The minimum absolute atomic E-state index is 0.206. The highest BCUT2D eigenvalue weighted by atomic mass is 19.1. The van der Waals surface area contributed by atoms with Gasteiger partial charge in [0, 0.05) is 62.8 Å². The number of hydrogen-bond donors (Lipinski definition) is 1. The molecule has 1 fully saturated rings. The molecule has 0 amide bonds. The Labute approximate surface area is 146 Å². The van der Waals surface area contributed by atoms with Crippen LogP contribution in [-0.4, -0.2) is 49.6 Å². The molecular weight excluding hydrogens is 319 g/mol. The summed E-state index contributed by atoms with van der Waals surface area (Å²) in [5.74, 6) is 0. The maximum absolute atomic E-state index is 13.9. The molecule has 132 valence electrons. The molecule has 0 bridgehead atoms. The molecule has 0 unspecified atom stereocenters. The van der Waals surface area contributed by atoms with Crippen molar-refractivity contribution in [3.8, 4) is 0 Å². The molecule has 3 aromatic rings. The van der Waals surface area contributed by atoms with Crippen LogP contribution >= 0.6 is 0 Å². The van der Waals surface area contributed by atoms with Gasteiger partial charge in [0.15, 0.2) is 0 Å². The summed E-state index contributed by atoms with van der Waals surface area (Å²) < 4.78 is 17.6. The summed E-state index contributed by atoms with van der Waals surface area (Å²) >= 11 is 0. The summed E-state index contributed by atoms with van der Waals surface area (Å²) in [7, 11) is 1.90. The quantitative estimate of drug-likeness (QED) is 0.742. The molecular formula is C18H23FN6. The lowest BCUT2D eigenvalue weighted by Crippen LogP contribution is -2.37. The lowest BCUT2D eigenvalue weighted by molar-refractivity contribution is 0.230. The Balaban J connectivity index is 1.36. The summed E-state index contributed by atoms with van der Waals surface area (Å²) in [5.41, 5.74) is 3.40. The van der Waals surface area contributed by atoms with Gasteiger partial charge in [0.2, 0.25) is 0 Å². The number of likely N-dealkylation sites (tertiary alicyclic amines) is 1. The molecule has 0 aliphatic carbocycles. The van der Waals surface area contributed by atoms with Crippen LogP contribution in [0, 0.1) is 0 Å². The highest BCUT2D eigenvalue weighted by Crippen LogP contribution is 2.22. The van der Waals surface area contributed by atoms with E-state index in [2.05, 4.69) is 26.5 Å². The van der Waals surface area contributed by atoms with E-state index in [4.69, 9.17) is 0 Å². The van der Waals surface area contributed by atoms with E-state index < -0.39 is 6.17 Å². The van der Waals surface area contributed by atoms with Gasteiger partial charge in [-0.05, 0) is 18.6 Å². The maximum Gasteiger partial charge on any atom is 0.114 e. The molecule has 0 aromatic carbocycles. The molecule has 7 heteroatoms. The zero-order valence-corrected chi connectivity index (χ0v) is 14.3. The molecule has 0 spiro atoms. The standard InChI is InChI=1S/C18H23FN6/c1-23-11-14(7-21-23)12-24-13-16(19)6-17(24)10-20-8-15-9-22-25-5-3-2-4-18(15)25/h2-5,7,9,11,16-17,20H,6,8,10,12-13H2,1H3/t16-,17-/m0/s1. The SMILES string of the molecule is Cn1cc(CN2C[C@@H](F)C[C@H]2CNCc2cnn3ccccc23)cn1. The predicted molar refractivity (Wildman–Crippen MR) is 93.8 cm³/mol. The van der Waals surface area contributed by atoms with Gasteiger partial charge in [-0.3, -0.25) is 9.58 Å². The molecule has 1 aliphatic heterocycles. The number of rotatable bonds is 6. The predicted octanol–water partition coefficient (Wildman–Crippen LogP) is 1.77. The van der Waals surface area contributed by atoms with Gasteiger partial charge < -0.3 is 5.32 Å². The van der Waals surface area contributed by atoms with Gasteiger partial charge >= 0.3 is 0 Å². The maximum atomic E-state index is 13.9. The Morgan fingerprint density at radius 1 is 1.28 bits per heavy atom. The molecule has 4 heterocycles. The van der Waals surface area contributed by atoms with Crippen LogP contribution in [0.1, 0.15) is 17.5 Å². The first-order valence-electron chi connectivity index (χ1n) is 8.66. The van der Waals surface area contributed by atoms with Crippen molar-refractivity contribution in [2.24, 2.45) is 7.05 Å². The number of nitrogens with zero attached hydrogens (tertiary/aromatic N) is 5. The van der Waals surface area contributed by atoms with Crippen LogP contribution in [0.5, 0.6) is 0 Å². The second-order valence-corrected chi connectivity index (χ2v) is 6.77. The molecule has 2 atom stereocenters. The van der Waals surface area contributed by atoms with E-state index in [-0.39, 0.29) is 6.04 Å². The van der Waals surface area contributed by atoms with Crippen LogP contribution in [-0.2, 0) is 20.1 Å². The second kappa shape index (κ2) is 6.93. The Morgan fingerprint density at radius 2 is 2.20 bits per heavy atom. The van der Waals surface area contributed by atoms with Crippen LogP contribution in [0.25, 0.3) is 5.52 Å². The van der Waals surface area contributed by atoms with Crippen molar-refractivity contribution in [3.63, 3.8) is 0 Å². The third-order valence-electron chi connectivity index (χ3n) is 4.82. The Bertz CT molecular complexity index is 841. The molecule has 1 N–H and O–H groups in total. The number of halogens is 1. The number of aromatic nitrogens is 4. The Kier molecular flexibility index (Phi) is 4.50. The largest absolute Gasteiger partial charge is 0.311 e. The smallest absolute Gasteiger partial charge is 0.114 e. The molecule has 1 aliphatic rings. The zero-order valence-electron chi connectivity index (χ0n) is 14.3. The second-order valence-electron chi connectivity index (χ2n) is 6.77. The lowest BCUT2D eigenvalue weighted by Gasteiger charge is -2.23. The van der Waals surface area contributed by atoms with Gasteiger partial charge in [-0.25, -0.2) is 8.91 Å². The van der Waals surface area contributed by atoms with Crippen molar-refractivity contribution in [1.82, 2.24) is 29.6 Å². The van der Waals surface area contributed by atoms with Crippen molar-refractivity contribution in [2.75, 3.05) is 13.1 Å². The van der Waals surface area contributed by atoms with Crippen LogP contribution in [0.2, 0.25) is 0 Å². The number of alkyl halides is 1. The summed E-state index contributed by atoms with van der Waals surface area (Å²) in [4.78, 5) is 2.21. The van der Waals surface area contributed by atoms with E-state index in [1.807, 2.05) is 48.5 Å². The fraction of sp³-hybridized carbons (Fsp3) is 0.444. The number of fused-ring (bicyclic) bond motifs is 1. The van der Waals surface area contributed by atoms with Crippen molar-refractivity contribution in [2.45, 2.75) is 31.7 Å². The van der Waals surface area contributed by atoms with Gasteiger partial charge in [-0.15, -0.1) is 0 Å². The third-order valence-corrected chi connectivity index (χ3v) is 4.82. The normalized spacial score (nSPS) is 21.4. The van der Waals surface area contributed by atoms with E-state index in [1.54, 1.807) is 4.68 Å². The first-order chi connectivity index (χ1) is 12.2. The minimum atomic E-state index is -0.750. The monoisotopic (exact) mass is 342 g/mol. The fourth-order valence-corrected chi connectivity index (χ4v) is 3.61. The summed E-state index contributed by atoms with van der Waals surface area (Å²) in [5, 5.41) is 12.0. The van der Waals surface area contributed by atoms with Crippen molar-refractivity contribution in [1.29, 1.82) is 0 Å². The first kappa shape index (κ1) is 16.2. The van der Waals surface area contributed by atoms with Gasteiger partial charge in [-0.1, -0.05) is 6.07 Å². The van der Waals surface area contributed by atoms with Crippen LogP contribution in [0.4, 0.5) is 4.39 Å². The van der Waals surface area contributed by atoms with Gasteiger partial charge in [0.05, 0.1) is 17.9 Å². The van der Waals surface area contributed by atoms with Crippen LogP contribution in [0.15, 0.2) is 43.0 Å². The van der Waals surface area contributed by atoms with Crippen LogP contribution in [0.3, 0.4) is 0 Å². The summed E-state index contributed by atoms with van der Waals surface area (Å²) in [6, 6.07) is 6.25. The van der Waals surface area contributed by atoms with Gasteiger partial charge in [0.1, 0.15) is 6.17 Å². The Morgan fingerprint density at radius 3 is 3.04 bits per heavy atom. The third kappa shape index (κ3) is 3.57. The number of hydrogen-bond acceptors (Lipinski definition) is 4. The fourth-order valence-electron chi connectivity index (χ4n) is 3.61. The van der Waals surface area contributed by atoms with Crippen molar-refractivity contribution < 1.29 is 4.39 Å². The minimum Gasteiger partial charge on any atom is -0.311 e. The van der Waals surface area contributed by atoms with E-state index in [9.17, 15) is 4.39 Å². The van der Waals surface area contributed by atoms with Crippen molar-refractivity contribution >= 4 is 5.52 Å². The number of pyridine rings is 1. The van der Waals surface area contributed by atoms with Crippen LogP contribution < -0.4 is 5.32 Å².